The van der Waals surface area contributed by atoms with Crippen LogP contribution in [0.2, 0.25) is 0 Å². The van der Waals surface area contributed by atoms with Gasteiger partial charge >= 0.3 is 12.1 Å². The van der Waals surface area contributed by atoms with Gasteiger partial charge in [-0.15, -0.1) is 0 Å². The molecule has 1 fully saturated rings. The summed E-state index contributed by atoms with van der Waals surface area (Å²) in [5.41, 5.74) is -0.623. The molecule has 1 atom stereocenters. The number of carbonyl (C=O) groups is 4. The highest BCUT2D eigenvalue weighted by atomic mass is 19.4. The monoisotopic (exact) mass is 441 g/mol. The van der Waals surface area contributed by atoms with E-state index in [9.17, 15) is 32.3 Å². The molecule has 1 aromatic carbocycles. The third kappa shape index (κ3) is 4.35. The summed E-state index contributed by atoms with van der Waals surface area (Å²) in [6.45, 7) is -0.248. The van der Waals surface area contributed by atoms with E-state index in [4.69, 9.17) is 0 Å². The number of para-hydroxylation sites is 1. The number of rotatable bonds is 6. The number of benzene rings is 1. The fraction of sp³-hybridized carbons (Fsp3) is 0.500. The van der Waals surface area contributed by atoms with Crippen molar-refractivity contribution in [2.75, 3.05) is 31.1 Å². The molecule has 0 radical (unpaired) electrons. The fourth-order valence-electron chi connectivity index (χ4n) is 3.99. The van der Waals surface area contributed by atoms with Crippen LogP contribution in [0.4, 0.5) is 18.9 Å². The molecule has 11 heteroatoms. The molecule has 3 amide bonds. The Hall–Kier alpha value is -3.11. The smallest absolute Gasteiger partial charge is 0.406 e. The van der Waals surface area contributed by atoms with Gasteiger partial charge in [-0.1, -0.05) is 12.1 Å². The van der Waals surface area contributed by atoms with Crippen LogP contribution in [0.5, 0.6) is 0 Å². The van der Waals surface area contributed by atoms with E-state index in [0.717, 1.165) is 4.90 Å². The van der Waals surface area contributed by atoms with Crippen molar-refractivity contribution in [3.8, 4) is 0 Å². The van der Waals surface area contributed by atoms with Crippen molar-refractivity contribution < 1.29 is 37.1 Å². The Morgan fingerprint density at radius 1 is 1.23 bits per heavy atom. The van der Waals surface area contributed by atoms with Gasteiger partial charge in [0.1, 0.15) is 25.3 Å². The number of esters is 1. The molecular weight excluding hydrogens is 419 g/mol. The van der Waals surface area contributed by atoms with Gasteiger partial charge in [0.2, 0.25) is 11.8 Å². The van der Waals surface area contributed by atoms with Gasteiger partial charge in [-0.3, -0.25) is 24.1 Å². The lowest BCUT2D eigenvalue weighted by atomic mass is 9.98. The van der Waals surface area contributed by atoms with E-state index in [1.54, 1.807) is 25.1 Å². The largest absolute Gasteiger partial charge is 0.465 e. The highest BCUT2D eigenvalue weighted by Crippen LogP contribution is 2.43. The number of carbonyl (C=O) groups excluding carboxylic acids is 4. The van der Waals surface area contributed by atoms with E-state index in [1.807, 2.05) is 0 Å². The van der Waals surface area contributed by atoms with Gasteiger partial charge in [0.05, 0.1) is 17.9 Å². The van der Waals surface area contributed by atoms with Crippen LogP contribution in [0.25, 0.3) is 0 Å². The second-order valence-electron chi connectivity index (χ2n) is 7.52. The first-order valence-corrected chi connectivity index (χ1v) is 9.72. The molecule has 0 bridgehead atoms. The molecule has 2 heterocycles. The van der Waals surface area contributed by atoms with Gasteiger partial charge in [-0.2, -0.15) is 13.2 Å². The molecule has 1 aromatic rings. The van der Waals surface area contributed by atoms with Crippen molar-refractivity contribution in [2.24, 2.45) is 0 Å². The summed E-state index contributed by atoms with van der Waals surface area (Å²) in [6.07, 6.45) is -4.41. The maximum atomic E-state index is 13.1. The summed E-state index contributed by atoms with van der Waals surface area (Å²) in [4.78, 5) is 53.1. The zero-order valence-corrected chi connectivity index (χ0v) is 17.1. The summed E-state index contributed by atoms with van der Waals surface area (Å²) in [5, 5.41) is 0. The summed E-state index contributed by atoms with van der Waals surface area (Å²) < 4.78 is 43.7. The summed E-state index contributed by atoms with van der Waals surface area (Å²) in [5.74, 6) is -2.88. The molecule has 0 aromatic heterocycles. The van der Waals surface area contributed by atoms with Crippen LogP contribution in [0.3, 0.4) is 0 Å². The summed E-state index contributed by atoms with van der Waals surface area (Å²) >= 11 is 0. The van der Waals surface area contributed by atoms with E-state index < -0.39 is 49.3 Å². The number of hydrogen-bond acceptors (Lipinski definition) is 5. The van der Waals surface area contributed by atoms with Crippen LogP contribution in [-0.2, 0) is 19.1 Å². The molecule has 2 aliphatic rings. The van der Waals surface area contributed by atoms with Crippen molar-refractivity contribution in [2.45, 2.75) is 38.5 Å². The predicted octanol–water partition coefficient (Wildman–Crippen LogP) is 1.94. The summed E-state index contributed by atoms with van der Waals surface area (Å²) in [6, 6.07) is 6.37. The lowest BCUT2D eigenvalue weighted by molar-refractivity contribution is -0.167. The number of amides is 3. The van der Waals surface area contributed by atoms with Crippen LogP contribution in [0, 0.1) is 0 Å². The van der Waals surface area contributed by atoms with Gasteiger partial charge in [-0.25, -0.2) is 0 Å². The minimum atomic E-state index is -4.75. The topological polar surface area (TPSA) is 87.2 Å². The lowest BCUT2D eigenvalue weighted by Crippen LogP contribution is -2.64. The SMILES string of the molecule is CCOC(=O)CN(CC(F)(F)F)C(=O)CN1C(=O)c2ccccc2N2C(=O)CCC12C. The molecule has 0 aliphatic carbocycles. The summed E-state index contributed by atoms with van der Waals surface area (Å²) in [7, 11) is 0. The van der Waals surface area contributed by atoms with Crippen molar-refractivity contribution in [3.05, 3.63) is 29.8 Å². The van der Waals surface area contributed by atoms with Gasteiger partial charge in [0.15, 0.2) is 0 Å². The van der Waals surface area contributed by atoms with Crippen molar-refractivity contribution in [1.82, 2.24) is 9.80 Å². The Morgan fingerprint density at radius 3 is 2.55 bits per heavy atom. The molecule has 0 spiro atoms. The molecule has 31 heavy (non-hydrogen) atoms. The van der Waals surface area contributed by atoms with Crippen molar-refractivity contribution in [3.63, 3.8) is 0 Å². The zero-order valence-electron chi connectivity index (χ0n) is 17.1. The first-order chi connectivity index (χ1) is 14.5. The van der Waals surface area contributed by atoms with Gasteiger partial charge in [0.25, 0.3) is 5.91 Å². The average molecular weight is 441 g/mol. The molecule has 1 unspecified atom stereocenters. The van der Waals surface area contributed by atoms with E-state index in [0.29, 0.717) is 10.6 Å². The zero-order chi connectivity index (χ0) is 23.0. The molecule has 3 rings (SSSR count). The molecule has 0 N–H and O–H groups in total. The fourth-order valence-corrected chi connectivity index (χ4v) is 3.99. The third-order valence-corrected chi connectivity index (χ3v) is 5.39. The van der Waals surface area contributed by atoms with Crippen molar-refractivity contribution >= 4 is 29.4 Å². The molecule has 0 saturated carbocycles. The first kappa shape index (κ1) is 22.6. The molecule has 168 valence electrons. The minimum absolute atomic E-state index is 0.0522. The number of anilines is 1. The molecular formula is C20H22F3N3O5. The second-order valence-corrected chi connectivity index (χ2v) is 7.52. The van der Waals surface area contributed by atoms with Crippen LogP contribution in [0.1, 0.15) is 37.0 Å². The quantitative estimate of drug-likeness (QED) is 0.630. The van der Waals surface area contributed by atoms with E-state index in [1.165, 1.54) is 17.9 Å². The Labute approximate surface area is 176 Å². The lowest BCUT2D eigenvalue weighted by Gasteiger charge is -2.48. The first-order valence-electron chi connectivity index (χ1n) is 9.72. The Balaban J connectivity index is 1.91. The van der Waals surface area contributed by atoms with Crippen LogP contribution in [-0.4, -0.2) is 71.6 Å². The van der Waals surface area contributed by atoms with Gasteiger partial charge in [-0.05, 0) is 32.4 Å². The highest BCUT2D eigenvalue weighted by molar-refractivity contribution is 6.11. The molecule has 1 saturated heterocycles. The Morgan fingerprint density at radius 2 is 1.90 bits per heavy atom. The number of ether oxygens (including phenoxy) is 1. The maximum absolute atomic E-state index is 13.1. The van der Waals surface area contributed by atoms with E-state index in [2.05, 4.69) is 4.74 Å². The maximum Gasteiger partial charge on any atom is 0.406 e. The van der Waals surface area contributed by atoms with E-state index in [-0.39, 0.29) is 30.9 Å². The van der Waals surface area contributed by atoms with Gasteiger partial charge in [0, 0.05) is 6.42 Å². The highest BCUT2D eigenvalue weighted by Gasteiger charge is 2.53. The Kier molecular flexibility index (Phi) is 5.97. The van der Waals surface area contributed by atoms with Crippen LogP contribution >= 0.6 is 0 Å². The van der Waals surface area contributed by atoms with Crippen LogP contribution in [0.15, 0.2) is 24.3 Å². The third-order valence-electron chi connectivity index (χ3n) is 5.39. The standard InChI is InChI=1S/C20H22F3N3O5/c1-3-31-17(29)11-24(12-20(21,22)23)16(28)10-25-18(30)13-6-4-5-7-14(13)26-15(27)8-9-19(25,26)2/h4-7H,3,8-12H2,1-2H3. The second kappa shape index (κ2) is 8.20. The number of nitrogens with zero attached hydrogens (tertiary/aromatic N) is 3. The number of hydrogen-bond donors (Lipinski definition) is 0. The number of alkyl halides is 3. The van der Waals surface area contributed by atoms with E-state index >= 15 is 0 Å². The number of halogens is 3. The molecule has 8 nitrogen and oxygen atoms in total. The molecule has 2 aliphatic heterocycles. The predicted molar refractivity (Wildman–Crippen MR) is 102 cm³/mol. The average Bonchev–Trinajstić information content (AvgIpc) is 2.99. The normalized spacial score (nSPS) is 20.4. The Bertz CT molecular complexity index is 920. The van der Waals surface area contributed by atoms with Crippen LogP contribution < -0.4 is 4.90 Å². The van der Waals surface area contributed by atoms with Gasteiger partial charge < -0.3 is 14.5 Å². The number of fused-ring (bicyclic) bond motifs is 3. The van der Waals surface area contributed by atoms with Crippen molar-refractivity contribution in [1.29, 1.82) is 0 Å². The minimum Gasteiger partial charge on any atom is -0.465 e.